The molecule has 1 saturated heterocycles. The lowest BCUT2D eigenvalue weighted by Gasteiger charge is -2.26. The fraction of sp³-hybridized carbons (Fsp3) is 0.500. The highest BCUT2D eigenvalue weighted by atomic mass is 32.2. The van der Waals surface area contributed by atoms with Crippen molar-refractivity contribution in [1.29, 1.82) is 0 Å². The Labute approximate surface area is 119 Å². The second-order valence-electron chi connectivity index (χ2n) is 5.22. The molecule has 0 atom stereocenters. The summed E-state index contributed by atoms with van der Waals surface area (Å²) in [4.78, 5) is 14.6. The maximum absolute atomic E-state index is 12.4. The summed E-state index contributed by atoms with van der Waals surface area (Å²) in [7, 11) is -3.39. The molecule has 110 valence electrons. The van der Waals surface area contributed by atoms with E-state index in [1.54, 1.807) is 12.1 Å². The highest BCUT2D eigenvalue weighted by Gasteiger charge is 2.21. The minimum Gasteiger partial charge on any atom is -0.314 e. The number of sulfone groups is 1. The van der Waals surface area contributed by atoms with Gasteiger partial charge in [-0.3, -0.25) is 9.69 Å². The van der Waals surface area contributed by atoms with Gasteiger partial charge in [-0.25, -0.2) is 8.42 Å². The fourth-order valence-electron chi connectivity index (χ4n) is 2.34. The lowest BCUT2D eigenvalue weighted by atomic mass is 10.1. The zero-order valence-electron chi connectivity index (χ0n) is 11.8. The van der Waals surface area contributed by atoms with Crippen LogP contribution in [-0.4, -0.2) is 58.1 Å². The number of nitrogens with zero attached hydrogens (tertiary/aromatic N) is 1. The molecule has 1 N–H and O–H groups in total. The molecule has 1 aliphatic heterocycles. The van der Waals surface area contributed by atoms with Gasteiger partial charge in [-0.2, -0.15) is 0 Å². The predicted molar refractivity (Wildman–Crippen MR) is 77.9 cm³/mol. The van der Waals surface area contributed by atoms with Gasteiger partial charge in [0.1, 0.15) is 0 Å². The molecule has 1 fully saturated rings. The molecule has 1 aromatic carbocycles. The summed E-state index contributed by atoms with van der Waals surface area (Å²) in [6.45, 7) is 5.47. The normalized spacial score (nSPS) is 17.1. The number of rotatable bonds is 4. The molecular weight excluding hydrogens is 276 g/mol. The molecule has 0 aliphatic carbocycles. The standard InChI is InChI=1S/C14H20N2O3S/c1-11-3-4-14(20(2,18)19)12(9-11)13(17)10-16-7-5-15-6-8-16/h3-4,9,15H,5-8,10H2,1-2H3. The molecule has 0 unspecified atom stereocenters. The van der Waals surface area contributed by atoms with Gasteiger partial charge < -0.3 is 5.32 Å². The quantitative estimate of drug-likeness (QED) is 0.819. The number of carbonyl (C=O) groups is 1. The molecule has 20 heavy (non-hydrogen) atoms. The Morgan fingerprint density at radius 1 is 1.30 bits per heavy atom. The zero-order valence-corrected chi connectivity index (χ0v) is 12.7. The first-order valence-electron chi connectivity index (χ1n) is 6.65. The van der Waals surface area contributed by atoms with E-state index < -0.39 is 9.84 Å². The van der Waals surface area contributed by atoms with Crippen LogP contribution in [0, 0.1) is 6.92 Å². The van der Waals surface area contributed by atoms with Crippen LogP contribution in [0.2, 0.25) is 0 Å². The number of aryl methyl sites for hydroxylation is 1. The number of benzene rings is 1. The van der Waals surface area contributed by atoms with Gasteiger partial charge in [-0.15, -0.1) is 0 Å². The first-order valence-corrected chi connectivity index (χ1v) is 8.54. The maximum Gasteiger partial charge on any atom is 0.178 e. The third-order valence-electron chi connectivity index (χ3n) is 3.41. The van der Waals surface area contributed by atoms with Crippen LogP contribution in [0.1, 0.15) is 15.9 Å². The number of piperazine rings is 1. The Morgan fingerprint density at radius 2 is 1.95 bits per heavy atom. The van der Waals surface area contributed by atoms with Gasteiger partial charge in [0.15, 0.2) is 15.6 Å². The van der Waals surface area contributed by atoms with Gasteiger partial charge >= 0.3 is 0 Å². The Hall–Kier alpha value is -1.24. The van der Waals surface area contributed by atoms with Crippen molar-refractivity contribution < 1.29 is 13.2 Å². The molecule has 0 amide bonds. The third-order valence-corrected chi connectivity index (χ3v) is 4.57. The summed E-state index contributed by atoms with van der Waals surface area (Å²) in [5, 5.41) is 3.22. The average molecular weight is 296 g/mol. The van der Waals surface area contributed by atoms with Crippen molar-refractivity contribution in [2.45, 2.75) is 11.8 Å². The van der Waals surface area contributed by atoms with Crippen molar-refractivity contribution >= 4 is 15.6 Å². The largest absolute Gasteiger partial charge is 0.314 e. The molecule has 2 rings (SSSR count). The molecule has 0 spiro atoms. The molecular formula is C14H20N2O3S. The van der Waals surface area contributed by atoms with Gasteiger partial charge in [-0.1, -0.05) is 11.6 Å². The van der Waals surface area contributed by atoms with Gasteiger partial charge in [0.05, 0.1) is 11.4 Å². The summed E-state index contributed by atoms with van der Waals surface area (Å²) in [6.07, 6.45) is 1.14. The van der Waals surface area contributed by atoms with Gasteiger partial charge in [-0.05, 0) is 19.1 Å². The Bertz CT molecular complexity index is 605. The lowest BCUT2D eigenvalue weighted by Crippen LogP contribution is -2.45. The van der Waals surface area contributed by atoms with E-state index in [-0.39, 0.29) is 17.2 Å². The average Bonchev–Trinajstić information content (AvgIpc) is 2.38. The van der Waals surface area contributed by atoms with Crippen LogP contribution in [0.25, 0.3) is 0 Å². The van der Waals surface area contributed by atoms with Crippen molar-refractivity contribution in [2.24, 2.45) is 0 Å². The predicted octanol–water partition coefficient (Wildman–Crippen LogP) is 0.486. The van der Waals surface area contributed by atoms with Crippen molar-refractivity contribution in [3.63, 3.8) is 0 Å². The SMILES string of the molecule is Cc1ccc(S(C)(=O)=O)c(C(=O)CN2CCNCC2)c1. The van der Waals surface area contributed by atoms with Crippen molar-refractivity contribution in [3.8, 4) is 0 Å². The van der Waals surface area contributed by atoms with E-state index in [4.69, 9.17) is 0 Å². The van der Waals surface area contributed by atoms with E-state index >= 15 is 0 Å². The van der Waals surface area contributed by atoms with Crippen LogP contribution in [0.3, 0.4) is 0 Å². The second kappa shape index (κ2) is 6.03. The number of hydrogen-bond acceptors (Lipinski definition) is 5. The first-order chi connectivity index (χ1) is 9.38. The number of hydrogen-bond donors (Lipinski definition) is 1. The molecule has 1 aliphatic rings. The summed E-state index contributed by atoms with van der Waals surface area (Å²) >= 11 is 0. The van der Waals surface area contributed by atoms with Crippen molar-refractivity contribution in [2.75, 3.05) is 39.0 Å². The highest BCUT2D eigenvalue weighted by Crippen LogP contribution is 2.18. The van der Waals surface area contributed by atoms with E-state index in [0.29, 0.717) is 5.56 Å². The number of nitrogens with one attached hydrogen (secondary N) is 1. The summed E-state index contributed by atoms with van der Waals surface area (Å²) in [5.74, 6) is -0.129. The fourth-order valence-corrected chi connectivity index (χ4v) is 3.23. The Morgan fingerprint density at radius 3 is 2.55 bits per heavy atom. The number of ketones is 1. The van der Waals surface area contributed by atoms with Gasteiger partial charge in [0, 0.05) is 38.0 Å². The van der Waals surface area contributed by atoms with Crippen LogP contribution in [0.4, 0.5) is 0 Å². The van der Waals surface area contributed by atoms with Crippen LogP contribution in [0.5, 0.6) is 0 Å². The molecule has 0 aromatic heterocycles. The maximum atomic E-state index is 12.4. The number of Topliss-reactive ketones (excluding diaryl/α,β-unsaturated/α-hetero) is 1. The first kappa shape index (κ1) is 15.2. The minimum absolute atomic E-state index is 0.128. The molecule has 6 heteroatoms. The molecule has 0 radical (unpaired) electrons. The van der Waals surface area contributed by atoms with Crippen LogP contribution in [0.15, 0.2) is 23.1 Å². The van der Waals surface area contributed by atoms with E-state index in [1.165, 1.54) is 6.07 Å². The van der Waals surface area contributed by atoms with E-state index in [0.717, 1.165) is 38.0 Å². The smallest absolute Gasteiger partial charge is 0.178 e. The topological polar surface area (TPSA) is 66.5 Å². The Balaban J connectivity index is 2.26. The molecule has 1 heterocycles. The number of carbonyl (C=O) groups excluding carboxylic acids is 1. The molecule has 0 saturated carbocycles. The molecule has 5 nitrogen and oxygen atoms in total. The van der Waals surface area contributed by atoms with Crippen molar-refractivity contribution in [3.05, 3.63) is 29.3 Å². The van der Waals surface area contributed by atoms with Crippen LogP contribution >= 0.6 is 0 Å². The second-order valence-corrected chi connectivity index (χ2v) is 7.21. The highest BCUT2D eigenvalue weighted by molar-refractivity contribution is 7.90. The van der Waals surface area contributed by atoms with Gasteiger partial charge in [0.25, 0.3) is 0 Å². The van der Waals surface area contributed by atoms with Gasteiger partial charge in [0.2, 0.25) is 0 Å². The van der Waals surface area contributed by atoms with E-state index in [2.05, 4.69) is 5.32 Å². The third kappa shape index (κ3) is 3.65. The zero-order chi connectivity index (χ0) is 14.8. The summed E-state index contributed by atoms with van der Waals surface area (Å²) < 4.78 is 23.6. The van der Waals surface area contributed by atoms with E-state index in [9.17, 15) is 13.2 Å². The lowest BCUT2D eigenvalue weighted by molar-refractivity contribution is 0.0918. The summed E-state index contributed by atoms with van der Waals surface area (Å²) in [6, 6.07) is 4.91. The van der Waals surface area contributed by atoms with Crippen LogP contribution < -0.4 is 5.32 Å². The summed E-state index contributed by atoms with van der Waals surface area (Å²) in [5.41, 5.74) is 1.20. The molecule has 0 bridgehead atoms. The Kier molecular flexibility index (Phi) is 4.57. The minimum atomic E-state index is -3.39. The van der Waals surface area contributed by atoms with E-state index in [1.807, 2.05) is 11.8 Å². The van der Waals surface area contributed by atoms with Crippen molar-refractivity contribution in [1.82, 2.24) is 10.2 Å². The molecule has 1 aromatic rings. The van der Waals surface area contributed by atoms with Crippen LogP contribution in [-0.2, 0) is 9.84 Å². The monoisotopic (exact) mass is 296 g/mol.